The minimum absolute atomic E-state index is 0.0503. The highest BCUT2D eigenvalue weighted by Gasteiger charge is 2.08. The number of nitriles is 1. The number of hydrogen-bond acceptors (Lipinski definition) is 4. The summed E-state index contributed by atoms with van der Waals surface area (Å²) < 4.78 is 26.5. The molecule has 18 heavy (non-hydrogen) atoms. The van der Waals surface area contributed by atoms with Crippen molar-refractivity contribution in [2.45, 2.75) is 0 Å². The Morgan fingerprint density at radius 2 is 2.00 bits per heavy atom. The van der Waals surface area contributed by atoms with Crippen LogP contribution in [0, 0.1) is 23.0 Å². The van der Waals surface area contributed by atoms with Crippen molar-refractivity contribution in [1.82, 2.24) is 10.2 Å². The normalized spacial score (nSPS) is 9.83. The van der Waals surface area contributed by atoms with Gasteiger partial charge in [-0.15, -0.1) is 10.2 Å². The molecule has 4 nitrogen and oxygen atoms in total. The molecule has 0 saturated carbocycles. The summed E-state index contributed by atoms with van der Waals surface area (Å²) in [7, 11) is 0. The first-order chi connectivity index (χ1) is 8.70. The first-order valence-electron chi connectivity index (χ1n) is 5.10. The SMILES string of the molecule is N#CCNc1ccc(-c2cc(F)ccc2F)nn1. The van der Waals surface area contributed by atoms with Crippen LogP contribution in [0.5, 0.6) is 0 Å². The van der Waals surface area contributed by atoms with Gasteiger partial charge in [0.2, 0.25) is 0 Å². The molecule has 90 valence electrons. The summed E-state index contributed by atoms with van der Waals surface area (Å²) in [6.45, 7) is 0.0996. The van der Waals surface area contributed by atoms with E-state index in [2.05, 4.69) is 15.5 Å². The molecule has 0 fully saturated rings. The Morgan fingerprint density at radius 1 is 1.17 bits per heavy atom. The molecule has 0 radical (unpaired) electrons. The molecule has 1 aromatic carbocycles. The smallest absolute Gasteiger partial charge is 0.149 e. The number of nitrogens with one attached hydrogen (secondary N) is 1. The molecule has 1 heterocycles. The van der Waals surface area contributed by atoms with Gasteiger partial charge >= 0.3 is 0 Å². The van der Waals surface area contributed by atoms with Gasteiger partial charge in [0.25, 0.3) is 0 Å². The van der Waals surface area contributed by atoms with Crippen LogP contribution < -0.4 is 5.32 Å². The highest BCUT2D eigenvalue weighted by molar-refractivity contribution is 5.60. The fourth-order valence-corrected chi connectivity index (χ4v) is 1.39. The number of halogens is 2. The summed E-state index contributed by atoms with van der Waals surface area (Å²) in [5.41, 5.74) is 0.281. The molecule has 0 aliphatic heterocycles. The second-order valence-electron chi connectivity index (χ2n) is 3.44. The van der Waals surface area contributed by atoms with Gasteiger partial charge in [0.1, 0.15) is 24.0 Å². The summed E-state index contributed by atoms with van der Waals surface area (Å²) in [6, 6.07) is 8.07. The third-order valence-corrected chi connectivity index (χ3v) is 2.22. The van der Waals surface area contributed by atoms with Crippen LogP contribution in [0.4, 0.5) is 14.6 Å². The van der Waals surface area contributed by atoms with E-state index in [1.165, 1.54) is 6.07 Å². The summed E-state index contributed by atoms with van der Waals surface area (Å²) >= 11 is 0. The van der Waals surface area contributed by atoms with E-state index in [4.69, 9.17) is 5.26 Å². The van der Waals surface area contributed by atoms with Gasteiger partial charge in [-0.3, -0.25) is 0 Å². The van der Waals surface area contributed by atoms with E-state index >= 15 is 0 Å². The Balaban J connectivity index is 2.29. The molecular weight excluding hydrogens is 238 g/mol. The zero-order chi connectivity index (χ0) is 13.0. The van der Waals surface area contributed by atoms with Crippen LogP contribution in [0.25, 0.3) is 11.3 Å². The molecule has 2 aromatic rings. The van der Waals surface area contributed by atoms with Gasteiger partial charge < -0.3 is 5.32 Å². The van der Waals surface area contributed by atoms with E-state index in [1.807, 2.05) is 6.07 Å². The molecule has 0 spiro atoms. The summed E-state index contributed by atoms with van der Waals surface area (Å²) in [6.07, 6.45) is 0. The lowest BCUT2D eigenvalue weighted by atomic mass is 10.1. The topological polar surface area (TPSA) is 61.6 Å². The van der Waals surface area contributed by atoms with Crippen LogP contribution in [0.1, 0.15) is 0 Å². The highest BCUT2D eigenvalue weighted by Crippen LogP contribution is 2.21. The monoisotopic (exact) mass is 246 g/mol. The summed E-state index contributed by atoms with van der Waals surface area (Å²) in [5, 5.41) is 18.6. The van der Waals surface area contributed by atoms with Gasteiger partial charge in [0.15, 0.2) is 0 Å². The van der Waals surface area contributed by atoms with E-state index < -0.39 is 11.6 Å². The zero-order valence-electron chi connectivity index (χ0n) is 9.19. The van der Waals surface area contributed by atoms with Crippen LogP contribution in [0.3, 0.4) is 0 Å². The number of benzene rings is 1. The third-order valence-electron chi connectivity index (χ3n) is 2.22. The highest BCUT2D eigenvalue weighted by atomic mass is 19.1. The van der Waals surface area contributed by atoms with E-state index in [9.17, 15) is 8.78 Å². The Kier molecular flexibility index (Phi) is 3.44. The lowest BCUT2D eigenvalue weighted by Gasteiger charge is -2.04. The van der Waals surface area contributed by atoms with Crippen LogP contribution in [-0.4, -0.2) is 16.7 Å². The Morgan fingerprint density at radius 3 is 2.67 bits per heavy atom. The number of anilines is 1. The van der Waals surface area contributed by atoms with Crippen molar-refractivity contribution in [3.63, 3.8) is 0 Å². The molecule has 0 amide bonds. The fourth-order valence-electron chi connectivity index (χ4n) is 1.39. The first-order valence-corrected chi connectivity index (χ1v) is 5.10. The molecule has 1 N–H and O–H groups in total. The molecule has 0 unspecified atom stereocenters. The minimum atomic E-state index is -0.566. The van der Waals surface area contributed by atoms with E-state index in [-0.39, 0.29) is 17.8 Å². The maximum absolute atomic E-state index is 13.5. The predicted octanol–water partition coefficient (Wildman–Crippen LogP) is 2.36. The maximum Gasteiger partial charge on any atom is 0.149 e. The molecule has 0 aliphatic rings. The molecule has 6 heteroatoms. The second kappa shape index (κ2) is 5.19. The van der Waals surface area contributed by atoms with Crippen molar-refractivity contribution in [2.24, 2.45) is 0 Å². The van der Waals surface area contributed by atoms with Crippen molar-refractivity contribution in [1.29, 1.82) is 5.26 Å². The maximum atomic E-state index is 13.5. The van der Waals surface area contributed by atoms with Gasteiger partial charge in [0, 0.05) is 5.56 Å². The lowest BCUT2D eigenvalue weighted by Crippen LogP contribution is -2.02. The number of hydrogen-bond donors (Lipinski definition) is 1. The molecule has 1 aromatic heterocycles. The Hall–Kier alpha value is -2.55. The number of rotatable bonds is 3. The van der Waals surface area contributed by atoms with Gasteiger partial charge in [0.05, 0.1) is 11.8 Å². The van der Waals surface area contributed by atoms with Gasteiger partial charge in [-0.25, -0.2) is 8.78 Å². The average molecular weight is 246 g/mol. The first kappa shape index (κ1) is 11.9. The van der Waals surface area contributed by atoms with Crippen molar-refractivity contribution in [3.05, 3.63) is 42.0 Å². The number of aromatic nitrogens is 2. The summed E-state index contributed by atoms with van der Waals surface area (Å²) in [4.78, 5) is 0. The molecule has 0 bridgehead atoms. The Labute approximate surface area is 102 Å². The zero-order valence-corrected chi connectivity index (χ0v) is 9.19. The van der Waals surface area contributed by atoms with E-state index in [0.29, 0.717) is 5.82 Å². The van der Waals surface area contributed by atoms with Crippen LogP contribution in [0.2, 0.25) is 0 Å². The minimum Gasteiger partial charge on any atom is -0.356 e. The van der Waals surface area contributed by atoms with Gasteiger partial charge in [-0.1, -0.05) is 0 Å². The largest absolute Gasteiger partial charge is 0.356 e. The van der Waals surface area contributed by atoms with Crippen molar-refractivity contribution in [3.8, 4) is 17.3 Å². The van der Waals surface area contributed by atoms with Crippen molar-refractivity contribution in [2.75, 3.05) is 11.9 Å². The quantitative estimate of drug-likeness (QED) is 0.844. The molecule has 0 saturated heterocycles. The lowest BCUT2D eigenvalue weighted by molar-refractivity contribution is 0.602. The van der Waals surface area contributed by atoms with Crippen LogP contribution in [0.15, 0.2) is 30.3 Å². The van der Waals surface area contributed by atoms with Crippen LogP contribution >= 0.6 is 0 Å². The third kappa shape index (κ3) is 2.58. The second-order valence-corrected chi connectivity index (χ2v) is 3.44. The molecule has 0 atom stereocenters. The summed E-state index contributed by atoms with van der Waals surface area (Å²) in [5.74, 6) is -0.708. The standard InChI is InChI=1S/C12H8F2N4/c13-8-1-2-10(14)9(7-8)11-3-4-12(18-17-11)16-6-5-15/h1-4,7H,6H2,(H,16,18). The molecule has 2 rings (SSSR count). The predicted molar refractivity (Wildman–Crippen MR) is 61.5 cm³/mol. The number of nitrogens with zero attached hydrogens (tertiary/aromatic N) is 3. The fraction of sp³-hybridized carbons (Fsp3) is 0.0833. The van der Waals surface area contributed by atoms with E-state index in [1.54, 1.807) is 6.07 Å². The van der Waals surface area contributed by atoms with Gasteiger partial charge in [-0.2, -0.15) is 5.26 Å². The Bertz CT molecular complexity index is 590. The molecule has 0 aliphatic carbocycles. The van der Waals surface area contributed by atoms with Crippen LogP contribution in [-0.2, 0) is 0 Å². The van der Waals surface area contributed by atoms with Gasteiger partial charge in [-0.05, 0) is 30.3 Å². The average Bonchev–Trinajstić information content (AvgIpc) is 2.40. The van der Waals surface area contributed by atoms with Crippen molar-refractivity contribution >= 4 is 5.82 Å². The van der Waals surface area contributed by atoms with E-state index in [0.717, 1.165) is 18.2 Å². The van der Waals surface area contributed by atoms with Crippen molar-refractivity contribution < 1.29 is 8.78 Å². The molecular formula is C12H8F2N4.